The molecule has 0 radical (unpaired) electrons. The van der Waals surface area contributed by atoms with Crippen LogP contribution in [0.25, 0.3) is 0 Å². The van der Waals surface area contributed by atoms with Gasteiger partial charge in [-0.25, -0.2) is 19.7 Å². The lowest BCUT2D eigenvalue weighted by molar-refractivity contribution is 0.0689. The molecule has 0 aromatic carbocycles. The Bertz CT molecular complexity index is 508. The van der Waals surface area contributed by atoms with Gasteiger partial charge >= 0.3 is 5.97 Å². The number of aryl methyl sites for hydroxylation is 1. The van der Waals surface area contributed by atoms with Gasteiger partial charge in [-0.05, 0) is 11.8 Å². The van der Waals surface area contributed by atoms with Crippen LogP contribution in [-0.4, -0.2) is 30.6 Å². The van der Waals surface area contributed by atoms with Crippen LogP contribution in [0.2, 0.25) is 0 Å². The van der Waals surface area contributed by atoms with E-state index in [9.17, 15) is 4.79 Å². The highest BCUT2D eigenvalue weighted by atomic mass is 32.2. The minimum Gasteiger partial charge on any atom is -0.476 e. The van der Waals surface area contributed by atoms with Gasteiger partial charge in [0.1, 0.15) is 5.03 Å². The van der Waals surface area contributed by atoms with Gasteiger partial charge in [-0.15, -0.1) is 0 Å². The van der Waals surface area contributed by atoms with Crippen LogP contribution >= 0.6 is 11.8 Å². The van der Waals surface area contributed by atoms with Crippen molar-refractivity contribution in [2.45, 2.75) is 10.2 Å². The van der Waals surface area contributed by atoms with Gasteiger partial charge < -0.3 is 9.67 Å². The van der Waals surface area contributed by atoms with E-state index >= 15 is 0 Å². The topological polar surface area (TPSA) is 80.9 Å². The van der Waals surface area contributed by atoms with Crippen molar-refractivity contribution in [1.29, 1.82) is 0 Å². The fourth-order valence-electron chi connectivity index (χ4n) is 1.02. The number of carboxylic acids is 1. The van der Waals surface area contributed by atoms with Crippen LogP contribution in [-0.2, 0) is 7.05 Å². The average molecular weight is 236 g/mol. The van der Waals surface area contributed by atoms with Crippen molar-refractivity contribution in [2.75, 3.05) is 0 Å². The summed E-state index contributed by atoms with van der Waals surface area (Å²) in [7, 11) is 1.87. The summed E-state index contributed by atoms with van der Waals surface area (Å²) < 4.78 is 1.84. The number of nitrogens with zero attached hydrogens (tertiary/aromatic N) is 4. The molecule has 6 nitrogen and oxygen atoms in total. The van der Waals surface area contributed by atoms with Crippen LogP contribution < -0.4 is 0 Å². The van der Waals surface area contributed by atoms with E-state index in [0.717, 1.165) is 5.16 Å². The second-order valence-corrected chi connectivity index (χ2v) is 3.96. The van der Waals surface area contributed by atoms with E-state index in [1.54, 1.807) is 6.20 Å². The summed E-state index contributed by atoms with van der Waals surface area (Å²) in [5, 5.41) is 10.0. The number of aromatic carboxylic acids is 1. The molecule has 0 aliphatic carbocycles. The van der Waals surface area contributed by atoms with Gasteiger partial charge in [0.2, 0.25) is 0 Å². The predicted molar refractivity (Wildman–Crippen MR) is 56.3 cm³/mol. The summed E-state index contributed by atoms with van der Waals surface area (Å²) in [6, 6.07) is 0. The number of carboxylic acid groups (broad SMARTS) is 1. The number of imidazole rings is 1. The van der Waals surface area contributed by atoms with Gasteiger partial charge in [-0.3, -0.25) is 0 Å². The molecule has 2 heterocycles. The van der Waals surface area contributed by atoms with Crippen molar-refractivity contribution in [3.8, 4) is 0 Å². The van der Waals surface area contributed by atoms with E-state index < -0.39 is 5.97 Å². The molecule has 7 heteroatoms. The van der Waals surface area contributed by atoms with Gasteiger partial charge in [0, 0.05) is 19.4 Å². The summed E-state index contributed by atoms with van der Waals surface area (Å²) in [6.07, 6.45) is 6.15. The van der Waals surface area contributed by atoms with E-state index in [2.05, 4.69) is 15.0 Å². The van der Waals surface area contributed by atoms with Gasteiger partial charge in [0.15, 0.2) is 10.9 Å². The molecule has 0 aliphatic heterocycles. The smallest absolute Gasteiger partial charge is 0.356 e. The largest absolute Gasteiger partial charge is 0.476 e. The molecule has 2 rings (SSSR count). The molecule has 0 saturated carbocycles. The molecule has 0 fully saturated rings. The third kappa shape index (κ3) is 2.19. The van der Waals surface area contributed by atoms with Crippen LogP contribution in [0.5, 0.6) is 0 Å². The van der Waals surface area contributed by atoms with E-state index in [4.69, 9.17) is 5.11 Å². The zero-order valence-electron chi connectivity index (χ0n) is 8.36. The molecule has 1 N–H and O–H groups in total. The van der Waals surface area contributed by atoms with Crippen LogP contribution in [0.15, 0.2) is 35.0 Å². The predicted octanol–water partition coefficient (Wildman–Crippen LogP) is 1.06. The van der Waals surface area contributed by atoms with E-state index in [0.29, 0.717) is 5.03 Å². The van der Waals surface area contributed by atoms with Crippen LogP contribution in [0, 0.1) is 0 Å². The van der Waals surface area contributed by atoms with Gasteiger partial charge in [0.25, 0.3) is 0 Å². The minimum atomic E-state index is -1.08. The number of aromatic nitrogens is 4. The second kappa shape index (κ2) is 4.31. The normalized spacial score (nSPS) is 10.3. The monoisotopic (exact) mass is 236 g/mol. The Kier molecular flexibility index (Phi) is 2.86. The summed E-state index contributed by atoms with van der Waals surface area (Å²) in [6.45, 7) is 0. The van der Waals surface area contributed by atoms with Crippen molar-refractivity contribution in [3.05, 3.63) is 30.5 Å². The van der Waals surface area contributed by atoms with Gasteiger partial charge in [-0.2, -0.15) is 0 Å². The molecule has 0 aliphatic rings. The van der Waals surface area contributed by atoms with Gasteiger partial charge in [0.05, 0.1) is 12.4 Å². The molecule has 16 heavy (non-hydrogen) atoms. The molecule has 2 aromatic heterocycles. The summed E-state index contributed by atoms with van der Waals surface area (Å²) in [5.41, 5.74) is -0.0656. The Morgan fingerprint density at radius 3 is 2.69 bits per heavy atom. The maximum Gasteiger partial charge on any atom is 0.356 e. The highest BCUT2D eigenvalue weighted by molar-refractivity contribution is 7.99. The Morgan fingerprint density at radius 2 is 2.19 bits per heavy atom. The first-order valence-corrected chi connectivity index (χ1v) is 5.19. The van der Waals surface area contributed by atoms with E-state index in [1.165, 1.54) is 24.2 Å². The van der Waals surface area contributed by atoms with Gasteiger partial charge in [-0.1, -0.05) is 0 Å². The molecule has 0 unspecified atom stereocenters. The van der Waals surface area contributed by atoms with Crippen LogP contribution in [0.3, 0.4) is 0 Å². The first kappa shape index (κ1) is 10.6. The molecule has 2 aromatic rings. The average Bonchev–Trinajstić information content (AvgIpc) is 2.65. The highest BCUT2D eigenvalue weighted by Crippen LogP contribution is 2.22. The third-order valence-electron chi connectivity index (χ3n) is 1.82. The first-order chi connectivity index (χ1) is 7.66. The minimum absolute atomic E-state index is 0.0656. The molecule has 0 bridgehead atoms. The number of hydrogen-bond donors (Lipinski definition) is 1. The fourth-order valence-corrected chi connectivity index (χ4v) is 1.74. The number of rotatable bonds is 3. The fraction of sp³-hybridized carbons (Fsp3) is 0.111. The molecule has 0 saturated heterocycles. The summed E-state index contributed by atoms with van der Waals surface area (Å²) in [5.74, 6) is -1.08. The van der Waals surface area contributed by atoms with Crippen molar-refractivity contribution < 1.29 is 9.90 Å². The van der Waals surface area contributed by atoms with E-state index in [-0.39, 0.29) is 5.69 Å². The summed E-state index contributed by atoms with van der Waals surface area (Å²) >= 11 is 1.33. The standard InChI is InChI=1S/C9H8N4O2S/c1-13-3-2-10-9(13)16-7-5-11-6(4-12-7)8(14)15/h2-5H,1H3,(H,14,15). The lowest BCUT2D eigenvalue weighted by Gasteiger charge is -2.00. The van der Waals surface area contributed by atoms with E-state index in [1.807, 2.05) is 17.8 Å². The van der Waals surface area contributed by atoms with Crippen molar-refractivity contribution in [2.24, 2.45) is 7.05 Å². The molecule has 82 valence electrons. The van der Waals surface area contributed by atoms with Crippen molar-refractivity contribution in [3.63, 3.8) is 0 Å². The number of carbonyl (C=O) groups is 1. The Balaban J connectivity index is 2.17. The highest BCUT2D eigenvalue weighted by Gasteiger charge is 2.07. The van der Waals surface area contributed by atoms with Crippen molar-refractivity contribution in [1.82, 2.24) is 19.5 Å². The Hall–Kier alpha value is -1.89. The summed E-state index contributed by atoms with van der Waals surface area (Å²) in [4.78, 5) is 22.4. The third-order valence-corrected chi connectivity index (χ3v) is 2.82. The molecule has 0 atom stereocenters. The lowest BCUT2D eigenvalue weighted by atomic mass is 10.5. The maximum absolute atomic E-state index is 10.6. The molecular formula is C9H8N4O2S. The first-order valence-electron chi connectivity index (χ1n) is 4.37. The second-order valence-electron chi connectivity index (χ2n) is 2.97. The Morgan fingerprint density at radius 1 is 1.38 bits per heavy atom. The molecule has 0 spiro atoms. The lowest BCUT2D eigenvalue weighted by Crippen LogP contribution is -2.01. The van der Waals surface area contributed by atoms with Crippen molar-refractivity contribution >= 4 is 17.7 Å². The molecule has 0 amide bonds. The number of hydrogen-bond acceptors (Lipinski definition) is 5. The quantitative estimate of drug-likeness (QED) is 0.858. The molecular weight excluding hydrogens is 228 g/mol. The zero-order chi connectivity index (χ0) is 11.5. The maximum atomic E-state index is 10.6. The SMILES string of the molecule is Cn1ccnc1Sc1cnc(C(=O)O)cn1. The zero-order valence-corrected chi connectivity index (χ0v) is 9.18. The Labute approximate surface area is 95.4 Å². The van der Waals surface area contributed by atoms with Crippen LogP contribution in [0.4, 0.5) is 0 Å². The van der Waals surface area contributed by atoms with Crippen LogP contribution in [0.1, 0.15) is 10.5 Å².